The minimum Gasteiger partial charge on any atom is -0.331 e. The number of amides is 2. The van der Waals surface area contributed by atoms with E-state index in [4.69, 9.17) is 0 Å². The first-order valence-electron chi connectivity index (χ1n) is 11.1. The smallest absolute Gasteiger partial charge is 0.320 e. The van der Waals surface area contributed by atoms with Crippen molar-refractivity contribution in [1.29, 1.82) is 0 Å². The number of urea groups is 1. The number of hydrogen-bond donors (Lipinski definition) is 1. The van der Waals surface area contributed by atoms with E-state index in [0.717, 1.165) is 15.4 Å². The number of sulfonamides is 1. The van der Waals surface area contributed by atoms with Gasteiger partial charge in [-0.25, -0.2) is 31.1 Å². The summed E-state index contributed by atoms with van der Waals surface area (Å²) in [6.45, 7) is 0.929. The first kappa shape index (κ1) is 24.5. The Labute approximate surface area is 197 Å². The van der Waals surface area contributed by atoms with Crippen molar-refractivity contribution in [3.8, 4) is 11.1 Å². The van der Waals surface area contributed by atoms with E-state index in [2.05, 4.69) is 4.72 Å². The largest absolute Gasteiger partial charge is 0.331 e. The third-order valence-corrected chi connectivity index (χ3v) is 8.27. The number of hydrogen-bond acceptors (Lipinski definition) is 3. The highest BCUT2D eigenvalue weighted by Crippen LogP contribution is 2.38. The quantitative estimate of drug-likeness (QED) is 0.663. The molecule has 0 bridgehead atoms. The Morgan fingerprint density at radius 1 is 1.18 bits per heavy atom. The van der Waals surface area contributed by atoms with Crippen molar-refractivity contribution in [2.75, 3.05) is 20.6 Å². The zero-order valence-electron chi connectivity index (χ0n) is 19.3. The molecular weight excluding hydrogens is 467 g/mol. The average Bonchev–Trinajstić information content (AvgIpc) is 3.58. The molecule has 1 aliphatic heterocycles. The van der Waals surface area contributed by atoms with Crippen LogP contribution in [0.15, 0.2) is 42.5 Å². The highest BCUT2D eigenvalue weighted by Gasteiger charge is 2.58. The van der Waals surface area contributed by atoms with Crippen LogP contribution in [0.3, 0.4) is 0 Å². The molecule has 0 spiro atoms. The van der Waals surface area contributed by atoms with Gasteiger partial charge in [0.05, 0.1) is 17.8 Å². The topological polar surface area (TPSA) is 69.7 Å². The van der Waals surface area contributed by atoms with Gasteiger partial charge in [-0.3, -0.25) is 0 Å². The van der Waals surface area contributed by atoms with E-state index in [9.17, 15) is 13.2 Å². The molecule has 2 aliphatic rings. The molecule has 4 rings (SSSR count). The van der Waals surface area contributed by atoms with Crippen molar-refractivity contribution in [3.05, 3.63) is 59.4 Å². The molecule has 2 aromatic carbocycles. The summed E-state index contributed by atoms with van der Waals surface area (Å²) in [7, 11) is -1.12. The first-order valence-corrected chi connectivity index (χ1v) is 12.7. The van der Waals surface area contributed by atoms with Crippen molar-refractivity contribution in [2.24, 2.45) is 0 Å². The fourth-order valence-electron chi connectivity index (χ4n) is 4.41. The summed E-state index contributed by atoms with van der Waals surface area (Å²) in [5.41, 5.74) is 2.03. The number of halogens is 3. The third-order valence-electron chi connectivity index (χ3n) is 6.34. The summed E-state index contributed by atoms with van der Waals surface area (Å²) in [4.78, 5) is 14.8. The number of nitrogens with one attached hydrogen (secondary N) is 1. The normalized spacial score (nSPS) is 22.1. The van der Waals surface area contributed by atoms with Gasteiger partial charge in [0.2, 0.25) is 10.0 Å². The van der Waals surface area contributed by atoms with Crippen LogP contribution in [0.25, 0.3) is 11.1 Å². The van der Waals surface area contributed by atoms with Crippen molar-refractivity contribution in [2.45, 2.75) is 49.4 Å². The van der Waals surface area contributed by atoms with E-state index < -0.39 is 51.7 Å². The van der Waals surface area contributed by atoms with Crippen LogP contribution in [-0.2, 0) is 16.4 Å². The van der Waals surface area contributed by atoms with Gasteiger partial charge in [-0.15, -0.1) is 0 Å². The molecule has 2 aromatic rings. The molecule has 2 fully saturated rings. The van der Waals surface area contributed by atoms with E-state index in [1.54, 1.807) is 24.3 Å². The summed E-state index contributed by atoms with van der Waals surface area (Å²) in [5, 5.41) is -0.705. The average molecular weight is 496 g/mol. The second kappa shape index (κ2) is 8.88. The fourth-order valence-corrected chi connectivity index (χ4v) is 6.05. The van der Waals surface area contributed by atoms with Gasteiger partial charge in [-0.05, 0) is 37.3 Å². The molecular formula is C24H28F3N3O3S. The second-order valence-corrected chi connectivity index (χ2v) is 11.3. The van der Waals surface area contributed by atoms with Crippen molar-refractivity contribution in [1.82, 2.24) is 14.5 Å². The highest BCUT2D eigenvalue weighted by molar-refractivity contribution is 7.90. The molecule has 0 unspecified atom stereocenters. The van der Waals surface area contributed by atoms with E-state index in [1.165, 1.54) is 20.2 Å². The van der Waals surface area contributed by atoms with Crippen LogP contribution in [0.4, 0.5) is 18.0 Å². The standard InChI is InChI=1S/C24H28F3N3O3S/c1-15-6-4-7-16(12-15)19-9-5-8-17(21(19)25)13-20-22(28-34(32,33)18-10-11-18)24(26,27)14-30(20)23(31)29(2)3/h4-9,12,18,20,22,28H,10-11,13-14H2,1-3H3/t20-,22+/m0/s1. The van der Waals surface area contributed by atoms with Crippen molar-refractivity contribution in [3.63, 3.8) is 0 Å². The maximum absolute atomic E-state index is 15.6. The van der Waals surface area contributed by atoms with E-state index in [0.29, 0.717) is 24.0 Å². The van der Waals surface area contributed by atoms with Crippen molar-refractivity contribution >= 4 is 16.1 Å². The zero-order chi connectivity index (χ0) is 24.8. The van der Waals surface area contributed by atoms with Crippen LogP contribution in [0, 0.1) is 12.7 Å². The number of alkyl halides is 2. The van der Waals surface area contributed by atoms with Gasteiger partial charge in [-0.1, -0.05) is 48.0 Å². The Hall–Kier alpha value is -2.59. The number of carbonyl (C=O) groups is 1. The number of rotatable bonds is 6. The van der Waals surface area contributed by atoms with Gasteiger partial charge in [0.15, 0.2) is 0 Å². The van der Waals surface area contributed by atoms with Gasteiger partial charge < -0.3 is 9.80 Å². The Morgan fingerprint density at radius 3 is 2.47 bits per heavy atom. The molecule has 1 saturated heterocycles. The summed E-state index contributed by atoms with van der Waals surface area (Å²) in [6.07, 6.45) is 0.552. The summed E-state index contributed by atoms with van der Waals surface area (Å²) in [5.74, 6) is -4.09. The molecule has 1 aliphatic carbocycles. The maximum atomic E-state index is 15.6. The van der Waals surface area contributed by atoms with E-state index in [1.807, 2.05) is 19.1 Å². The number of carbonyl (C=O) groups excluding carboxylic acids is 1. The number of likely N-dealkylation sites (tertiary alicyclic amines) is 1. The summed E-state index contributed by atoms with van der Waals surface area (Å²) >= 11 is 0. The molecule has 2 amide bonds. The molecule has 184 valence electrons. The Bertz CT molecular complexity index is 1200. The number of nitrogens with zero attached hydrogens (tertiary/aromatic N) is 2. The molecule has 0 radical (unpaired) electrons. The molecule has 1 saturated carbocycles. The summed E-state index contributed by atoms with van der Waals surface area (Å²) < 4.78 is 73.1. The van der Waals surface area contributed by atoms with Crippen LogP contribution in [0.5, 0.6) is 0 Å². The fraction of sp³-hybridized carbons (Fsp3) is 0.458. The van der Waals surface area contributed by atoms with E-state index >= 15 is 13.2 Å². The lowest BCUT2D eigenvalue weighted by Gasteiger charge is -2.30. The lowest BCUT2D eigenvalue weighted by Crippen LogP contribution is -2.53. The lowest BCUT2D eigenvalue weighted by atomic mass is 9.95. The molecule has 6 nitrogen and oxygen atoms in total. The van der Waals surface area contributed by atoms with Crippen LogP contribution < -0.4 is 4.72 Å². The second-order valence-electron chi connectivity index (χ2n) is 9.33. The SMILES string of the molecule is Cc1cccc(-c2cccc(C[C@H]3[C@@H](NS(=O)(=O)C4CC4)C(F)(F)CN3C(=O)N(C)C)c2F)c1. The Morgan fingerprint density at radius 2 is 1.85 bits per heavy atom. The van der Waals surface area contributed by atoms with Crippen LogP contribution in [-0.4, -0.2) is 68.1 Å². The van der Waals surface area contributed by atoms with Crippen molar-refractivity contribution < 1.29 is 26.4 Å². The first-order chi connectivity index (χ1) is 15.9. The summed E-state index contributed by atoms with van der Waals surface area (Å²) in [6, 6.07) is 8.17. The van der Waals surface area contributed by atoms with Gasteiger partial charge in [-0.2, -0.15) is 0 Å². The number of aryl methyl sites for hydroxylation is 1. The molecule has 34 heavy (non-hydrogen) atoms. The monoisotopic (exact) mass is 495 g/mol. The van der Waals surface area contributed by atoms with Crippen LogP contribution in [0.1, 0.15) is 24.0 Å². The Balaban J connectivity index is 1.72. The number of benzene rings is 2. The predicted molar refractivity (Wildman–Crippen MR) is 124 cm³/mol. The maximum Gasteiger partial charge on any atom is 0.320 e. The minimum absolute atomic E-state index is 0.133. The minimum atomic E-state index is -3.98. The predicted octanol–water partition coefficient (Wildman–Crippen LogP) is 3.80. The third kappa shape index (κ3) is 4.79. The zero-order valence-corrected chi connectivity index (χ0v) is 20.1. The molecule has 10 heteroatoms. The van der Waals surface area contributed by atoms with Crippen LogP contribution in [0.2, 0.25) is 0 Å². The molecule has 2 atom stereocenters. The lowest BCUT2D eigenvalue weighted by molar-refractivity contribution is -0.00500. The van der Waals surface area contributed by atoms with Gasteiger partial charge in [0, 0.05) is 19.7 Å². The highest BCUT2D eigenvalue weighted by atomic mass is 32.2. The van der Waals surface area contributed by atoms with Gasteiger partial charge >= 0.3 is 6.03 Å². The van der Waals surface area contributed by atoms with E-state index in [-0.39, 0.29) is 12.0 Å². The molecule has 0 aromatic heterocycles. The Kier molecular flexibility index (Phi) is 6.41. The van der Waals surface area contributed by atoms with Gasteiger partial charge in [0.25, 0.3) is 5.92 Å². The molecule has 1 N–H and O–H groups in total. The van der Waals surface area contributed by atoms with Crippen LogP contribution >= 0.6 is 0 Å². The van der Waals surface area contributed by atoms with Gasteiger partial charge in [0.1, 0.15) is 11.9 Å². The molecule has 1 heterocycles.